The first-order chi connectivity index (χ1) is 18.3. The predicted octanol–water partition coefficient (Wildman–Crippen LogP) is -1.94. The highest BCUT2D eigenvalue weighted by molar-refractivity contribution is 5.69. The van der Waals surface area contributed by atoms with E-state index in [9.17, 15) is 45.6 Å². The van der Waals surface area contributed by atoms with Crippen molar-refractivity contribution in [2.24, 2.45) is 11.8 Å². The number of carbonyl (C=O) groups excluding carboxylic acids is 1. The summed E-state index contributed by atoms with van der Waals surface area (Å²) in [5.74, 6) is -7.12. The molecule has 0 saturated carbocycles. The number of hydrogen-bond acceptors (Lipinski definition) is 13. The molecule has 11 atom stereocenters. The van der Waals surface area contributed by atoms with Crippen molar-refractivity contribution >= 4 is 11.7 Å². The molecule has 0 aromatic heterocycles. The lowest BCUT2D eigenvalue weighted by Gasteiger charge is -2.49. The van der Waals surface area contributed by atoms with Gasteiger partial charge in [0, 0.05) is 30.5 Å². The van der Waals surface area contributed by atoms with Gasteiger partial charge in [-0.15, -0.1) is 0 Å². The number of ether oxygens (including phenoxy) is 3. The molecule has 2 saturated heterocycles. The van der Waals surface area contributed by atoms with E-state index in [1.807, 2.05) is 0 Å². The maximum absolute atomic E-state index is 12.3. The first-order valence-corrected chi connectivity index (χ1v) is 13.1. The molecule has 1 aromatic rings. The SMILES string of the molecule is CCOC(=O)CC(C)C(CC(C[C@@]1(O)OC[C@@H](O)[C@H](O)[C@H]1O)Nc1ccccc1)[C@@]1(O)OC[C@@H](O)[C@H](O)[C@H]1O. The van der Waals surface area contributed by atoms with Crippen molar-refractivity contribution in [1.29, 1.82) is 0 Å². The molecular formula is C26H41NO12. The Morgan fingerprint density at radius 2 is 1.59 bits per heavy atom. The summed E-state index contributed by atoms with van der Waals surface area (Å²) in [7, 11) is 0. The van der Waals surface area contributed by atoms with Crippen molar-refractivity contribution in [1.82, 2.24) is 0 Å². The Bertz CT molecular complexity index is 923. The smallest absolute Gasteiger partial charge is 0.306 e. The lowest BCUT2D eigenvalue weighted by molar-refractivity contribution is -0.350. The summed E-state index contributed by atoms with van der Waals surface area (Å²) in [5.41, 5.74) is 0.585. The summed E-state index contributed by atoms with van der Waals surface area (Å²) in [6.45, 7) is 2.43. The normalized spacial score (nSPS) is 37.5. The molecule has 0 spiro atoms. The van der Waals surface area contributed by atoms with Crippen molar-refractivity contribution in [3.8, 4) is 0 Å². The van der Waals surface area contributed by atoms with Gasteiger partial charge in [-0.1, -0.05) is 25.1 Å². The number of nitrogens with one attached hydrogen (secondary N) is 1. The van der Waals surface area contributed by atoms with E-state index in [0.29, 0.717) is 5.69 Å². The average molecular weight is 560 g/mol. The molecule has 9 N–H and O–H groups in total. The standard InChI is InChI=1S/C26H41NO12/c1-3-37-20(30)9-14(2)17(26(36)24(34)22(32)19(29)13-39-26)10-16(27-15-7-5-4-6-8-15)11-25(35)23(33)21(31)18(28)12-38-25/h4-8,14,16-19,21-24,27-29,31-36H,3,9-13H2,1-2H3/t14?,16?,17?,18-,19-,21+,22+,23-,24-,25-,26-/m1/s1. The Morgan fingerprint density at radius 1 is 1.00 bits per heavy atom. The Balaban J connectivity index is 1.96. The van der Waals surface area contributed by atoms with Gasteiger partial charge < -0.3 is 60.4 Å². The number of rotatable bonds is 11. The largest absolute Gasteiger partial charge is 0.466 e. The minimum atomic E-state index is -2.43. The van der Waals surface area contributed by atoms with E-state index in [1.54, 1.807) is 44.2 Å². The van der Waals surface area contributed by atoms with Crippen molar-refractivity contribution in [3.05, 3.63) is 30.3 Å². The fraction of sp³-hybridized carbons (Fsp3) is 0.731. The number of carbonyl (C=O) groups is 1. The third-order valence-corrected chi connectivity index (χ3v) is 7.54. The van der Waals surface area contributed by atoms with E-state index in [-0.39, 0.29) is 25.9 Å². The molecule has 0 aliphatic carbocycles. The van der Waals surface area contributed by atoms with E-state index in [2.05, 4.69) is 5.32 Å². The summed E-state index contributed by atoms with van der Waals surface area (Å²) in [6.07, 6.45) is -10.8. The van der Waals surface area contributed by atoms with Gasteiger partial charge in [0.05, 0.1) is 19.8 Å². The van der Waals surface area contributed by atoms with E-state index in [0.717, 1.165) is 0 Å². The molecule has 0 amide bonds. The minimum Gasteiger partial charge on any atom is -0.466 e. The zero-order valence-corrected chi connectivity index (χ0v) is 22.0. The maximum atomic E-state index is 12.3. The highest BCUT2D eigenvalue weighted by Gasteiger charge is 2.56. The number of anilines is 1. The summed E-state index contributed by atoms with van der Waals surface area (Å²) in [6, 6.07) is 7.89. The minimum absolute atomic E-state index is 0.122. The zero-order chi connectivity index (χ0) is 29.0. The van der Waals surface area contributed by atoms with Crippen molar-refractivity contribution in [2.75, 3.05) is 25.1 Å². The zero-order valence-electron chi connectivity index (χ0n) is 22.0. The monoisotopic (exact) mass is 559 g/mol. The second-order valence-corrected chi connectivity index (χ2v) is 10.5. The first-order valence-electron chi connectivity index (χ1n) is 13.1. The van der Waals surface area contributed by atoms with Crippen LogP contribution in [0, 0.1) is 11.8 Å². The van der Waals surface area contributed by atoms with Gasteiger partial charge in [0.2, 0.25) is 0 Å². The third kappa shape index (κ3) is 7.24. The van der Waals surface area contributed by atoms with E-state index in [1.165, 1.54) is 0 Å². The van der Waals surface area contributed by atoms with Crippen LogP contribution >= 0.6 is 0 Å². The molecular weight excluding hydrogens is 518 g/mol. The van der Waals surface area contributed by atoms with Crippen LogP contribution in [0.15, 0.2) is 30.3 Å². The number of para-hydroxylation sites is 1. The second kappa shape index (κ2) is 13.2. The molecule has 3 unspecified atom stereocenters. The number of benzene rings is 1. The van der Waals surface area contributed by atoms with Crippen molar-refractivity contribution in [3.63, 3.8) is 0 Å². The van der Waals surface area contributed by atoms with Gasteiger partial charge in [-0.25, -0.2) is 0 Å². The summed E-state index contributed by atoms with van der Waals surface area (Å²) in [4.78, 5) is 12.3. The van der Waals surface area contributed by atoms with Crippen LogP contribution in [-0.2, 0) is 19.0 Å². The molecule has 2 fully saturated rings. The molecule has 2 aliphatic heterocycles. The van der Waals surface area contributed by atoms with Crippen LogP contribution in [0.4, 0.5) is 5.69 Å². The van der Waals surface area contributed by atoms with Gasteiger partial charge in [0.1, 0.15) is 36.6 Å². The number of aliphatic hydroxyl groups excluding tert-OH is 6. The van der Waals surface area contributed by atoms with Crippen molar-refractivity contribution < 1.29 is 59.9 Å². The Hall–Kier alpha value is -1.91. The topological polar surface area (TPSA) is 219 Å². The highest BCUT2D eigenvalue weighted by Crippen LogP contribution is 2.41. The van der Waals surface area contributed by atoms with Gasteiger partial charge in [-0.2, -0.15) is 0 Å². The predicted molar refractivity (Wildman–Crippen MR) is 135 cm³/mol. The average Bonchev–Trinajstić information content (AvgIpc) is 2.90. The van der Waals surface area contributed by atoms with Crippen molar-refractivity contribution in [2.45, 2.75) is 87.3 Å². The van der Waals surface area contributed by atoms with Crippen LogP contribution < -0.4 is 5.32 Å². The molecule has 2 heterocycles. The van der Waals surface area contributed by atoms with Crippen LogP contribution in [0.3, 0.4) is 0 Å². The van der Waals surface area contributed by atoms with Crippen LogP contribution in [0.5, 0.6) is 0 Å². The van der Waals surface area contributed by atoms with Gasteiger partial charge in [-0.05, 0) is 31.4 Å². The molecule has 0 radical (unpaired) electrons. The lowest BCUT2D eigenvalue weighted by Crippen LogP contribution is -2.66. The summed E-state index contributed by atoms with van der Waals surface area (Å²) in [5, 5.41) is 87.6. The quantitative estimate of drug-likeness (QED) is 0.135. The Labute approximate surface area is 226 Å². The first kappa shape index (κ1) is 31.6. The lowest BCUT2D eigenvalue weighted by atomic mass is 9.74. The van der Waals surface area contributed by atoms with Gasteiger partial charge in [0.15, 0.2) is 11.6 Å². The molecule has 3 rings (SSSR count). The Morgan fingerprint density at radius 3 is 2.21 bits per heavy atom. The van der Waals surface area contributed by atoms with Crippen LogP contribution in [-0.4, -0.2) is 121 Å². The fourth-order valence-corrected chi connectivity index (χ4v) is 5.31. The Kier molecular flexibility index (Phi) is 10.7. The summed E-state index contributed by atoms with van der Waals surface area (Å²) < 4.78 is 15.9. The fourth-order valence-electron chi connectivity index (χ4n) is 5.31. The number of aliphatic hydroxyl groups is 8. The summed E-state index contributed by atoms with van der Waals surface area (Å²) >= 11 is 0. The van der Waals surface area contributed by atoms with Gasteiger partial charge in [-0.3, -0.25) is 4.79 Å². The highest BCUT2D eigenvalue weighted by atomic mass is 16.7. The number of esters is 1. The number of hydrogen-bond donors (Lipinski definition) is 9. The van der Waals surface area contributed by atoms with Gasteiger partial charge in [0.25, 0.3) is 0 Å². The van der Waals surface area contributed by atoms with Crippen LogP contribution in [0.2, 0.25) is 0 Å². The molecule has 39 heavy (non-hydrogen) atoms. The van der Waals surface area contributed by atoms with E-state index in [4.69, 9.17) is 14.2 Å². The molecule has 222 valence electrons. The molecule has 2 aliphatic rings. The van der Waals surface area contributed by atoms with E-state index < -0.39 is 85.3 Å². The molecule has 0 bridgehead atoms. The second-order valence-electron chi connectivity index (χ2n) is 10.5. The molecule has 1 aromatic carbocycles. The van der Waals surface area contributed by atoms with Crippen LogP contribution in [0.25, 0.3) is 0 Å². The molecule has 13 nitrogen and oxygen atoms in total. The molecule has 13 heteroatoms. The van der Waals surface area contributed by atoms with Gasteiger partial charge >= 0.3 is 5.97 Å². The van der Waals surface area contributed by atoms with Crippen LogP contribution in [0.1, 0.15) is 33.1 Å². The van der Waals surface area contributed by atoms with E-state index >= 15 is 0 Å². The third-order valence-electron chi connectivity index (χ3n) is 7.54. The maximum Gasteiger partial charge on any atom is 0.306 e.